The first-order valence-electron chi connectivity index (χ1n) is 8.28. The molecule has 0 aliphatic carbocycles. The SMILES string of the molecule is O=C(NC(=O)c1ccccc1Cl)Nc1cccc(Oc2ncc([N+](=O)[O-])cc2Cl)c1. The molecule has 3 rings (SSSR count). The summed E-state index contributed by atoms with van der Waals surface area (Å²) in [5, 5.41) is 15.6. The van der Waals surface area contributed by atoms with Crippen LogP contribution in [0.3, 0.4) is 0 Å². The summed E-state index contributed by atoms with van der Waals surface area (Å²) in [7, 11) is 0. The standard InChI is InChI=1S/C19H12Cl2N4O5/c20-15-7-2-1-6-14(15)17(26)24-19(27)23-11-4-3-5-13(8-11)30-18-16(21)9-12(10-22-18)25(28)29/h1-10H,(H2,23,24,26,27). The summed E-state index contributed by atoms with van der Waals surface area (Å²) in [4.78, 5) is 38.2. The van der Waals surface area contributed by atoms with Crippen LogP contribution in [0.15, 0.2) is 60.8 Å². The Bertz CT molecular complexity index is 1140. The normalized spacial score (nSPS) is 10.2. The number of pyridine rings is 1. The van der Waals surface area contributed by atoms with Gasteiger partial charge in [0.2, 0.25) is 5.88 Å². The second-order valence-electron chi connectivity index (χ2n) is 5.76. The molecule has 2 N–H and O–H groups in total. The Hall–Kier alpha value is -3.69. The molecule has 9 nitrogen and oxygen atoms in total. The molecule has 152 valence electrons. The highest BCUT2D eigenvalue weighted by atomic mass is 35.5. The Balaban J connectivity index is 1.67. The van der Waals surface area contributed by atoms with Gasteiger partial charge in [0.25, 0.3) is 11.6 Å². The zero-order valence-corrected chi connectivity index (χ0v) is 16.5. The predicted octanol–water partition coefficient (Wildman–Crippen LogP) is 5.05. The van der Waals surface area contributed by atoms with Gasteiger partial charge in [0.1, 0.15) is 17.0 Å². The topological polar surface area (TPSA) is 123 Å². The summed E-state index contributed by atoms with van der Waals surface area (Å²) < 4.78 is 5.51. The maximum atomic E-state index is 12.1. The van der Waals surface area contributed by atoms with E-state index in [1.807, 2.05) is 0 Å². The summed E-state index contributed by atoms with van der Waals surface area (Å²) in [6, 6.07) is 12.8. The number of hydrogen-bond donors (Lipinski definition) is 2. The maximum Gasteiger partial charge on any atom is 0.326 e. The second kappa shape index (κ2) is 9.21. The number of halogens is 2. The summed E-state index contributed by atoms with van der Waals surface area (Å²) in [5.74, 6) is -0.446. The Kier molecular flexibility index (Phi) is 6.45. The summed E-state index contributed by atoms with van der Waals surface area (Å²) in [6.45, 7) is 0. The first-order valence-corrected chi connectivity index (χ1v) is 9.04. The first kappa shape index (κ1) is 21.0. The Labute approximate surface area is 179 Å². The minimum absolute atomic E-state index is 0.0437. The van der Waals surface area contributed by atoms with Crippen LogP contribution >= 0.6 is 23.2 Å². The Morgan fingerprint density at radius 1 is 1.03 bits per heavy atom. The molecule has 0 bridgehead atoms. The predicted molar refractivity (Wildman–Crippen MR) is 110 cm³/mol. The number of aromatic nitrogens is 1. The van der Waals surface area contributed by atoms with E-state index in [4.69, 9.17) is 27.9 Å². The first-order chi connectivity index (χ1) is 14.3. The number of nitrogens with zero attached hydrogens (tertiary/aromatic N) is 2. The highest BCUT2D eigenvalue weighted by Crippen LogP contribution is 2.30. The van der Waals surface area contributed by atoms with E-state index in [9.17, 15) is 19.7 Å². The number of urea groups is 1. The molecule has 11 heteroatoms. The minimum atomic E-state index is -0.774. The van der Waals surface area contributed by atoms with E-state index in [1.54, 1.807) is 30.3 Å². The van der Waals surface area contributed by atoms with E-state index >= 15 is 0 Å². The number of nitro groups is 1. The van der Waals surface area contributed by atoms with Gasteiger partial charge in [-0.2, -0.15) is 0 Å². The minimum Gasteiger partial charge on any atom is -0.437 e. The number of ether oxygens (including phenoxy) is 1. The molecular weight excluding hydrogens is 435 g/mol. The average molecular weight is 447 g/mol. The fraction of sp³-hybridized carbons (Fsp3) is 0. The van der Waals surface area contributed by atoms with Gasteiger partial charge in [-0.3, -0.25) is 20.2 Å². The molecule has 0 aliphatic rings. The molecule has 3 amide bonds. The molecule has 1 heterocycles. The lowest BCUT2D eigenvalue weighted by Crippen LogP contribution is -2.34. The number of benzene rings is 2. The molecule has 0 spiro atoms. The molecule has 3 aromatic rings. The van der Waals surface area contributed by atoms with Crippen molar-refractivity contribution in [2.75, 3.05) is 5.32 Å². The van der Waals surface area contributed by atoms with Crippen LogP contribution in [0.1, 0.15) is 10.4 Å². The summed E-state index contributed by atoms with van der Waals surface area (Å²) in [6.07, 6.45) is 1.01. The highest BCUT2D eigenvalue weighted by Gasteiger charge is 2.15. The molecule has 0 unspecified atom stereocenters. The van der Waals surface area contributed by atoms with Gasteiger partial charge in [0.05, 0.1) is 15.5 Å². The van der Waals surface area contributed by atoms with Gasteiger partial charge in [-0.05, 0) is 24.3 Å². The van der Waals surface area contributed by atoms with E-state index in [0.29, 0.717) is 5.69 Å². The third-order valence-electron chi connectivity index (χ3n) is 3.66. The average Bonchev–Trinajstić information content (AvgIpc) is 2.69. The van der Waals surface area contributed by atoms with Crippen LogP contribution in [0.5, 0.6) is 11.6 Å². The van der Waals surface area contributed by atoms with Crippen molar-refractivity contribution in [3.63, 3.8) is 0 Å². The van der Waals surface area contributed by atoms with Gasteiger partial charge in [-0.1, -0.05) is 41.4 Å². The van der Waals surface area contributed by atoms with Crippen molar-refractivity contribution >= 4 is 46.5 Å². The van der Waals surface area contributed by atoms with Crippen LogP contribution < -0.4 is 15.4 Å². The maximum absolute atomic E-state index is 12.1. The lowest BCUT2D eigenvalue weighted by atomic mass is 10.2. The molecule has 0 atom stereocenters. The van der Waals surface area contributed by atoms with Crippen LogP contribution in [-0.4, -0.2) is 21.8 Å². The van der Waals surface area contributed by atoms with Gasteiger partial charge in [-0.15, -0.1) is 0 Å². The number of nitrogens with one attached hydrogen (secondary N) is 2. The van der Waals surface area contributed by atoms with Crippen molar-refractivity contribution < 1.29 is 19.2 Å². The van der Waals surface area contributed by atoms with E-state index in [1.165, 1.54) is 18.2 Å². The largest absolute Gasteiger partial charge is 0.437 e. The quantitative estimate of drug-likeness (QED) is 0.417. The third-order valence-corrected chi connectivity index (χ3v) is 4.26. The number of carbonyl (C=O) groups excluding carboxylic acids is 2. The monoisotopic (exact) mass is 446 g/mol. The van der Waals surface area contributed by atoms with Crippen LogP contribution in [0.4, 0.5) is 16.2 Å². The van der Waals surface area contributed by atoms with Gasteiger partial charge in [-0.25, -0.2) is 9.78 Å². The van der Waals surface area contributed by atoms with E-state index in [-0.39, 0.29) is 32.9 Å². The van der Waals surface area contributed by atoms with Crippen LogP contribution in [0.25, 0.3) is 0 Å². The van der Waals surface area contributed by atoms with Crippen molar-refractivity contribution in [2.24, 2.45) is 0 Å². The molecule has 0 radical (unpaired) electrons. The Morgan fingerprint density at radius 2 is 1.80 bits per heavy atom. The number of hydrogen-bond acceptors (Lipinski definition) is 6. The van der Waals surface area contributed by atoms with Crippen LogP contribution in [0, 0.1) is 10.1 Å². The summed E-state index contributed by atoms with van der Waals surface area (Å²) in [5.41, 5.74) is 0.197. The number of rotatable bonds is 5. The summed E-state index contributed by atoms with van der Waals surface area (Å²) >= 11 is 11.9. The van der Waals surface area contributed by atoms with E-state index < -0.39 is 16.9 Å². The lowest BCUT2D eigenvalue weighted by Gasteiger charge is -2.10. The highest BCUT2D eigenvalue weighted by molar-refractivity contribution is 6.34. The molecular formula is C19H12Cl2N4O5. The van der Waals surface area contributed by atoms with Gasteiger partial charge < -0.3 is 10.1 Å². The van der Waals surface area contributed by atoms with E-state index in [0.717, 1.165) is 12.3 Å². The fourth-order valence-corrected chi connectivity index (χ4v) is 2.74. The van der Waals surface area contributed by atoms with Crippen molar-refractivity contribution in [1.29, 1.82) is 0 Å². The van der Waals surface area contributed by atoms with Crippen LogP contribution in [-0.2, 0) is 0 Å². The van der Waals surface area contributed by atoms with Gasteiger partial charge in [0.15, 0.2) is 0 Å². The number of anilines is 1. The molecule has 0 saturated heterocycles. The molecule has 0 saturated carbocycles. The smallest absolute Gasteiger partial charge is 0.326 e. The van der Waals surface area contributed by atoms with Crippen molar-refractivity contribution in [2.45, 2.75) is 0 Å². The zero-order chi connectivity index (χ0) is 21.7. The third kappa shape index (κ3) is 5.22. The fourth-order valence-electron chi connectivity index (χ4n) is 2.32. The molecule has 0 fully saturated rings. The second-order valence-corrected chi connectivity index (χ2v) is 6.57. The van der Waals surface area contributed by atoms with Crippen LogP contribution in [0.2, 0.25) is 10.0 Å². The lowest BCUT2D eigenvalue weighted by molar-refractivity contribution is -0.385. The Morgan fingerprint density at radius 3 is 2.50 bits per heavy atom. The van der Waals surface area contributed by atoms with E-state index in [2.05, 4.69) is 15.6 Å². The van der Waals surface area contributed by atoms with Crippen molar-refractivity contribution in [3.8, 4) is 11.6 Å². The van der Waals surface area contributed by atoms with Gasteiger partial charge in [0, 0.05) is 17.8 Å². The molecule has 2 aromatic carbocycles. The molecule has 1 aromatic heterocycles. The molecule has 0 aliphatic heterocycles. The van der Waals surface area contributed by atoms with Gasteiger partial charge >= 0.3 is 6.03 Å². The number of imide groups is 1. The molecule has 30 heavy (non-hydrogen) atoms. The van der Waals surface area contributed by atoms with Crippen molar-refractivity contribution in [1.82, 2.24) is 10.3 Å². The zero-order valence-electron chi connectivity index (χ0n) is 15.0. The van der Waals surface area contributed by atoms with Crippen molar-refractivity contribution in [3.05, 3.63) is 86.5 Å². The number of carbonyl (C=O) groups is 2. The number of amides is 3.